The number of benzene rings is 2. The molecule has 0 amide bonds. The number of hydrogen-bond acceptors (Lipinski definition) is 1. The number of aliphatic hydroxyl groups excluding tert-OH is 1. The minimum atomic E-state index is -0.328. The molecule has 2 aromatic rings. The average molecular weight is 222 g/mol. The largest absolute Gasteiger partial charge is 0.388 e. The molecule has 0 spiro atoms. The van der Waals surface area contributed by atoms with Crippen LogP contribution in [0.1, 0.15) is 46.6 Å². The van der Waals surface area contributed by atoms with Gasteiger partial charge in [-0.15, -0.1) is 0 Å². The molecule has 0 aliphatic heterocycles. The van der Waals surface area contributed by atoms with Gasteiger partial charge in [0, 0.05) is 11.8 Å². The molecule has 1 N–H and O–H groups in total. The van der Waals surface area contributed by atoms with Gasteiger partial charge in [-0.05, 0) is 28.7 Å². The lowest BCUT2D eigenvalue weighted by atomic mass is 9.79. The first-order chi connectivity index (χ1) is 8.36. The van der Waals surface area contributed by atoms with E-state index in [1.54, 1.807) is 0 Å². The Balaban J connectivity index is 2.01. The van der Waals surface area contributed by atoms with Crippen LogP contribution < -0.4 is 0 Å². The molecule has 0 saturated carbocycles. The van der Waals surface area contributed by atoms with Crippen LogP contribution in [0.5, 0.6) is 0 Å². The molecule has 2 aliphatic rings. The first-order valence-corrected chi connectivity index (χ1v) is 6.22. The molecule has 0 fully saturated rings. The quantitative estimate of drug-likeness (QED) is 0.724. The molecule has 0 heterocycles. The van der Waals surface area contributed by atoms with Crippen LogP contribution in [0.4, 0.5) is 0 Å². The van der Waals surface area contributed by atoms with Crippen molar-refractivity contribution >= 4 is 0 Å². The van der Waals surface area contributed by atoms with Crippen LogP contribution in [0.25, 0.3) is 0 Å². The van der Waals surface area contributed by atoms with Crippen LogP contribution in [0, 0.1) is 0 Å². The van der Waals surface area contributed by atoms with Gasteiger partial charge in [0.2, 0.25) is 0 Å². The van der Waals surface area contributed by atoms with E-state index in [-0.39, 0.29) is 6.10 Å². The van der Waals surface area contributed by atoms with Gasteiger partial charge in [-0.3, -0.25) is 0 Å². The summed E-state index contributed by atoms with van der Waals surface area (Å²) < 4.78 is 0. The third kappa shape index (κ3) is 1.12. The van der Waals surface area contributed by atoms with Crippen molar-refractivity contribution in [1.29, 1.82) is 0 Å². The zero-order valence-electron chi connectivity index (χ0n) is 9.51. The Morgan fingerprint density at radius 2 is 1.29 bits per heavy atom. The van der Waals surface area contributed by atoms with Crippen molar-refractivity contribution < 1.29 is 5.11 Å². The fourth-order valence-corrected chi connectivity index (χ4v) is 3.58. The van der Waals surface area contributed by atoms with E-state index in [9.17, 15) is 5.11 Å². The van der Waals surface area contributed by atoms with Gasteiger partial charge in [0.1, 0.15) is 0 Å². The molecule has 2 bridgehead atoms. The molecule has 2 aliphatic carbocycles. The highest BCUT2D eigenvalue weighted by molar-refractivity contribution is 5.52. The normalized spacial score (nSPS) is 28.6. The highest BCUT2D eigenvalue weighted by Gasteiger charge is 2.42. The molecule has 2 aromatic carbocycles. The Hall–Kier alpha value is -1.60. The second kappa shape index (κ2) is 3.21. The lowest BCUT2D eigenvalue weighted by Gasteiger charge is -2.28. The van der Waals surface area contributed by atoms with E-state index in [1.165, 1.54) is 16.7 Å². The lowest BCUT2D eigenvalue weighted by Crippen LogP contribution is -2.15. The summed E-state index contributed by atoms with van der Waals surface area (Å²) in [5.41, 5.74) is 5.22. The topological polar surface area (TPSA) is 20.2 Å². The predicted octanol–water partition coefficient (Wildman–Crippen LogP) is 3.35. The second-order valence-corrected chi connectivity index (χ2v) is 5.10. The summed E-state index contributed by atoms with van der Waals surface area (Å²) in [6, 6.07) is 16.9. The van der Waals surface area contributed by atoms with Gasteiger partial charge in [-0.25, -0.2) is 0 Å². The molecule has 17 heavy (non-hydrogen) atoms. The monoisotopic (exact) mass is 222 g/mol. The summed E-state index contributed by atoms with van der Waals surface area (Å²) in [5, 5.41) is 10.5. The van der Waals surface area contributed by atoms with E-state index in [1.807, 2.05) is 6.07 Å². The van der Waals surface area contributed by atoms with E-state index in [2.05, 4.69) is 42.5 Å². The van der Waals surface area contributed by atoms with Gasteiger partial charge < -0.3 is 5.11 Å². The summed E-state index contributed by atoms with van der Waals surface area (Å²) in [6.45, 7) is 0. The Morgan fingerprint density at radius 1 is 0.765 bits per heavy atom. The molecule has 0 aromatic heterocycles. The molecule has 84 valence electrons. The summed E-state index contributed by atoms with van der Waals surface area (Å²) in [4.78, 5) is 0. The molecule has 0 saturated heterocycles. The molecule has 1 heteroatoms. The molecular weight excluding hydrogens is 208 g/mol. The van der Waals surface area contributed by atoms with E-state index in [0.717, 1.165) is 12.0 Å². The van der Waals surface area contributed by atoms with Crippen LogP contribution in [-0.4, -0.2) is 5.11 Å². The van der Waals surface area contributed by atoms with Gasteiger partial charge in [0.05, 0.1) is 6.10 Å². The Labute approximate surface area is 101 Å². The molecule has 4 rings (SSSR count). The van der Waals surface area contributed by atoms with E-state index in [4.69, 9.17) is 0 Å². The lowest BCUT2D eigenvalue weighted by molar-refractivity contribution is 0.135. The fraction of sp³-hybridized carbons (Fsp3) is 0.250. The smallest absolute Gasteiger partial charge is 0.0861 e. The first-order valence-electron chi connectivity index (χ1n) is 6.22. The number of hydrogen-bond donors (Lipinski definition) is 1. The minimum absolute atomic E-state index is 0.297. The molecular formula is C16H14O. The standard InChI is InChI=1S/C16H14O/c17-16-13-8-4-3-7-12(13)14-9-15(16)11-6-2-1-5-10(11)14/h1-8,14-17H,9H2/t14-,15+,16-/m1/s1. The second-order valence-electron chi connectivity index (χ2n) is 5.10. The maximum absolute atomic E-state index is 10.5. The summed E-state index contributed by atoms with van der Waals surface area (Å²) in [5.74, 6) is 0.793. The van der Waals surface area contributed by atoms with Gasteiger partial charge in [-0.1, -0.05) is 48.5 Å². The first kappa shape index (κ1) is 9.43. The zero-order chi connectivity index (χ0) is 11.4. The fourth-order valence-electron chi connectivity index (χ4n) is 3.58. The van der Waals surface area contributed by atoms with Crippen molar-refractivity contribution in [3.63, 3.8) is 0 Å². The highest BCUT2D eigenvalue weighted by Crippen LogP contribution is 2.55. The number of rotatable bonds is 0. The number of fused-ring (bicyclic) bond motifs is 7. The molecule has 0 radical (unpaired) electrons. The van der Waals surface area contributed by atoms with Crippen LogP contribution in [0.2, 0.25) is 0 Å². The minimum Gasteiger partial charge on any atom is -0.388 e. The molecule has 1 nitrogen and oxygen atoms in total. The zero-order valence-corrected chi connectivity index (χ0v) is 9.51. The van der Waals surface area contributed by atoms with Crippen molar-refractivity contribution in [2.75, 3.05) is 0 Å². The number of aliphatic hydroxyl groups is 1. The van der Waals surface area contributed by atoms with Gasteiger partial charge in [0.25, 0.3) is 0 Å². The third-order valence-electron chi connectivity index (χ3n) is 4.33. The summed E-state index contributed by atoms with van der Waals surface area (Å²) >= 11 is 0. The average Bonchev–Trinajstić information content (AvgIpc) is 2.73. The summed E-state index contributed by atoms with van der Waals surface area (Å²) in [7, 11) is 0. The van der Waals surface area contributed by atoms with Crippen LogP contribution in [0.3, 0.4) is 0 Å². The third-order valence-corrected chi connectivity index (χ3v) is 4.33. The van der Waals surface area contributed by atoms with Crippen molar-refractivity contribution in [2.24, 2.45) is 0 Å². The molecule has 3 atom stereocenters. The summed E-state index contributed by atoms with van der Waals surface area (Å²) in [6.07, 6.45) is 0.739. The Morgan fingerprint density at radius 3 is 2.00 bits per heavy atom. The van der Waals surface area contributed by atoms with Crippen molar-refractivity contribution in [3.8, 4) is 0 Å². The highest BCUT2D eigenvalue weighted by atomic mass is 16.3. The Kier molecular flexibility index (Phi) is 1.78. The van der Waals surface area contributed by atoms with Crippen molar-refractivity contribution in [1.82, 2.24) is 0 Å². The van der Waals surface area contributed by atoms with Crippen molar-refractivity contribution in [2.45, 2.75) is 24.4 Å². The van der Waals surface area contributed by atoms with Gasteiger partial charge >= 0.3 is 0 Å². The van der Waals surface area contributed by atoms with Gasteiger partial charge in [-0.2, -0.15) is 0 Å². The molecule has 0 unspecified atom stereocenters. The predicted molar refractivity (Wildman–Crippen MR) is 67.0 cm³/mol. The van der Waals surface area contributed by atoms with Crippen molar-refractivity contribution in [3.05, 3.63) is 70.8 Å². The van der Waals surface area contributed by atoms with Crippen LogP contribution >= 0.6 is 0 Å². The van der Waals surface area contributed by atoms with Crippen LogP contribution in [0.15, 0.2) is 48.5 Å². The Bertz CT molecular complexity index is 588. The maximum atomic E-state index is 10.5. The SMILES string of the molecule is O[C@@H]1c2ccccc2[C@@H]2C[C@H]1c1ccccc12. The maximum Gasteiger partial charge on any atom is 0.0861 e. The van der Waals surface area contributed by atoms with E-state index < -0.39 is 0 Å². The van der Waals surface area contributed by atoms with E-state index >= 15 is 0 Å². The van der Waals surface area contributed by atoms with E-state index in [0.29, 0.717) is 11.8 Å². The van der Waals surface area contributed by atoms with Crippen LogP contribution in [-0.2, 0) is 0 Å². The van der Waals surface area contributed by atoms with Gasteiger partial charge in [0.15, 0.2) is 0 Å².